The fourth-order valence-corrected chi connectivity index (χ4v) is 4.06. The molecule has 3 aromatic heterocycles. The molecule has 5 rings (SSSR count). The van der Waals surface area contributed by atoms with Crippen molar-refractivity contribution < 1.29 is 4.42 Å². The van der Waals surface area contributed by atoms with Crippen LogP contribution in [0.1, 0.15) is 11.5 Å². The molecule has 0 atom stereocenters. The number of aryl methyl sites for hydroxylation is 1. The summed E-state index contributed by atoms with van der Waals surface area (Å²) in [7, 11) is 0. The highest BCUT2D eigenvalue weighted by Gasteiger charge is 2.15. The van der Waals surface area contributed by atoms with Crippen LogP contribution in [-0.4, -0.2) is 24.7 Å². The number of benzene rings is 2. The summed E-state index contributed by atoms with van der Waals surface area (Å²) in [4.78, 5) is 13.6. The molecule has 6 nitrogen and oxygen atoms in total. The van der Waals surface area contributed by atoms with Crippen molar-refractivity contribution in [1.29, 1.82) is 0 Å². The monoisotopic (exact) mass is 399 g/mol. The minimum absolute atomic E-state index is 0.642. The molecule has 0 aliphatic heterocycles. The number of thioether (sulfide) groups is 1. The average Bonchev–Trinajstić information content (AvgIpc) is 3.37. The van der Waals surface area contributed by atoms with E-state index in [0.717, 1.165) is 38.8 Å². The Morgan fingerprint density at radius 3 is 2.52 bits per heavy atom. The Morgan fingerprint density at radius 1 is 0.966 bits per heavy atom. The molecule has 0 bridgehead atoms. The highest BCUT2D eigenvalue weighted by molar-refractivity contribution is 7.98. The summed E-state index contributed by atoms with van der Waals surface area (Å²) in [6.45, 7) is 1.94. The van der Waals surface area contributed by atoms with E-state index >= 15 is 0 Å². The first-order chi connectivity index (χ1) is 14.3. The SMILES string of the molecule is Cc1oc(-c2ccccc2)nc1CSc1ncnc2c1cnn2-c1ccccc1. The van der Waals surface area contributed by atoms with Crippen LogP contribution in [-0.2, 0) is 5.75 Å². The van der Waals surface area contributed by atoms with Crippen molar-refractivity contribution in [1.82, 2.24) is 24.7 Å². The van der Waals surface area contributed by atoms with Gasteiger partial charge in [-0.3, -0.25) is 0 Å². The lowest BCUT2D eigenvalue weighted by atomic mass is 10.2. The van der Waals surface area contributed by atoms with Crippen molar-refractivity contribution in [2.75, 3.05) is 0 Å². The largest absolute Gasteiger partial charge is 0.441 e. The van der Waals surface area contributed by atoms with Gasteiger partial charge in [-0.2, -0.15) is 5.10 Å². The molecular weight excluding hydrogens is 382 g/mol. The third-order valence-electron chi connectivity index (χ3n) is 4.59. The molecule has 0 unspecified atom stereocenters. The van der Waals surface area contributed by atoms with Crippen molar-refractivity contribution in [3.63, 3.8) is 0 Å². The van der Waals surface area contributed by atoms with Crippen molar-refractivity contribution in [2.24, 2.45) is 0 Å². The normalized spacial score (nSPS) is 11.2. The van der Waals surface area contributed by atoms with Crippen molar-refractivity contribution >= 4 is 22.8 Å². The standard InChI is InChI=1S/C22H17N5OS/c1-15-19(26-21(28-15)16-8-4-2-5-9-16)13-29-22-18-12-25-27(20(18)23-14-24-22)17-10-6-3-7-11-17/h2-12,14H,13H2,1H3. The fraction of sp³-hybridized carbons (Fsp3) is 0.0909. The first kappa shape index (κ1) is 17.6. The van der Waals surface area contributed by atoms with Gasteiger partial charge in [-0.25, -0.2) is 19.6 Å². The van der Waals surface area contributed by atoms with Crippen LogP contribution in [0.15, 0.2) is 82.6 Å². The predicted molar refractivity (Wildman–Crippen MR) is 113 cm³/mol. The zero-order chi connectivity index (χ0) is 19.6. The number of para-hydroxylation sites is 1. The molecule has 0 radical (unpaired) electrons. The smallest absolute Gasteiger partial charge is 0.226 e. The maximum absolute atomic E-state index is 5.86. The second kappa shape index (κ2) is 7.52. The zero-order valence-corrected chi connectivity index (χ0v) is 16.5. The van der Waals surface area contributed by atoms with Crippen molar-refractivity contribution in [3.05, 3.63) is 84.6 Å². The zero-order valence-electron chi connectivity index (χ0n) is 15.7. The Labute approximate surface area is 171 Å². The van der Waals surface area contributed by atoms with E-state index in [2.05, 4.69) is 20.1 Å². The molecular formula is C22H17N5OS. The van der Waals surface area contributed by atoms with Crippen LogP contribution in [0.5, 0.6) is 0 Å². The molecule has 0 fully saturated rings. The fourth-order valence-electron chi connectivity index (χ4n) is 3.10. The van der Waals surface area contributed by atoms with E-state index in [0.29, 0.717) is 11.6 Å². The van der Waals surface area contributed by atoms with E-state index in [9.17, 15) is 0 Å². The van der Waals surface area contributed by atoms with Crippen LogP contribution >= 0.6 is 11.8 Å². The molecule has 0 aliphatic carbocycles. The molecule has 7 heteroatoms. The molecule has 5 aromatic rings. The summed E-state index contributed by atoms with van der Waals surface area (Å²) in [5.41, 5.74) is 3.64. The highest BCUT2D eigenvalue weighted by Crippen LogP contribution is 2.30. The first-order valence-electron chi connectivity index (χ1n) is 9.18. The molecule has 29 heavy (non-hydrogen) atoms. The lowest BCUT2D eigenvalue weighted by Crippen LogP contribution is -1.97. The lowest BCUT2D eigenvalue weighted by Gasteiger charge is -2.03. The Hall–Kier alpha value is -3.45. The van der Waals surface area contributed by atoms with E-state index in [1.165, 1.54) is 0 Å². The molecule has 0 aliphatic rings. The minimum Gasteiger partial charge on any atom is -0.441 e. The van der Waals surface area contributed by atoms with Gasteiger partial charge in [-0.1, -0.05) is 48.2 Å². The summed E-state index contributed by atoms with van der Waals surface area (Å²) in [5, 5.41) is 6.31. The molecule has 3 heterocycles. The number of aromatic nitrogens is 5. The predicted octanol–water partition coefficient (Wildman–Crippen LogP) is 5.07. The summed E-state index contributed by atoms with van der Waals surface area (Å²) in [6, 6.07) is 19.9. The molecule has 0 amide bonds. The van der Waals surface area contributed by atoms with Gasteiger partial charge in [0.25, 0.3) is 0 Å². The molecule has 0 N–H and O–H groups in total. The summed E-state index contributed by atoms with van der Waals surface area (Å²) < 4.78 is 7.69. The molecule has 0 saturated heterocycles. The van der Waals surface area contributed by atoms with Crippen molar-refractivity contribution in [3.8, 4) is 17.1 Å². The second-order valence-electron chi connectivity index (χ2n) is 6.48. The van der Waals surface area contributed by atoms with Gasteiger partial charge in [-0.15, -0.1) is 0 Å². The summed E-state index contributed by atoms with van der Waals surface area (Å²) >= 11 is 1.61. The number of fused-ring (bicyclic) bond motifs is 1. The van der Waals surface area contributed by atoms with Gasteiger partial charge < -0.3 is 4.42 Å². The van der Waals surface area contributed by atoms with Gasteiger partial charge in [0.1, 0.15) is 17.1 Å². The highest BCUT2D eigenvalue weighted by atomic mass is 32.2. The molecule has 0 saturated carbocycles. The Bertz CT molecular complexity index is 1260. The number of oxazole rings is 1. The first-order valence-corrected chi connectivity index (χ1v) is 10.2. The van der Waals surface area contributed by atoms with Gasteiger partial charge in [0.05, 0.1) is 23.0 Å². The van der Waals surface area contributed by atoms with E-state index < -0.39 is 0 Å². The second-order valence-corrected chi connectivity index (χ2v) is 7.45. The van der Waals surface area contributed by atoms with E-state index in [1.807, 2.05) is 78.5 Å². The van der Waals surface area contributed by atoms with Crippen LogP contribution in [0.4, 0.5) is 0 Å². The topological polar surface area (TPSA) is 69.6 Å². The van der Waals surface area contributed by atoms with Gasteiger partial charge in [0.2, 0.25) is 5.89 Å². The van der Waals surface area contributed by atoms with Crippen LogP contribution in [0, 0.1) is 6.92 Å². The van der Waals surface area contributed by atoms with Gasteiger partial charge in [-0.05, 0) is 31.2 Å². The van der Waals surface area contributed by atoms with Gasteiger partial charge in [0.15, 0.2) is 5.65 Å². The van der Waals surface area contributed by atoms with Crippen LogP contribution in [0.2, 0.25) is 0 Å². The molecule has 142 valence electrons. The Kier molecular flexibility index (Phi) is 4.57. The Balaban J connectivity index is 1.42. The van der Waals surface area contributed by atoms with Gasteiger partial charge in [0, 0.05) is 11.3 Å². The summed E-state index contributed by atoms with van der Waals surface area (Å²) in [5.74, 6) is 2.12. The third-order valence-corrected chi connectivity index (χ3v) is 5.61. The lowest BCUT2D eigenvalue weighted by molar-refractivity contribution is 0.540. The minimum atomic E-state index is 0.642. The maximum Gasteiger partial charge on any atom is 0.226 e. The van der Waals surface area contributed by atoms with Crippen LogP contribution in [0.25, 0.3) is 28.2 Å². The van der Waals surface area contributed by atoms with E-state index in [-0.39, 0.29) is 0 Å². The Morgan fingerprint density at radius 2 is 1.72 bits per heavy atom. The van der Waals surface area contributed by atoms with Crippen LogP contribution < -0.4 is 0 Å². The maximum atomic E-state index is 5.86. The molecule has 0 spiro atoms. The third kappa shape index (κ3) is 3.40. The number of rotatable bonds is 5. The van der Waals surface area contributed by atoms with E-state index in [1.54, 1.807) is 18.1 Å². The van der Waals surface area contributed by atoms with E-state index in [4.69, 9.17) is 4.42 Å². The number of hydrogen-bond acceptors (Lipinski definition) is 6. The average molecular weight is 399 g/mol. The summed E-state index contributed by atoms with van der Waals surface area (Å²) in [6.07, 6.45) is 3.40. The van der Waals surface area contributed by atoms with Crippen LogP contribution in [0.3, 0.4) is 0 Å². The molecule has 2 aromatic carbocycles. The van der Waals surface area contributed by atoms with Crippen molar-refractivity contribution in [2.45, 2.75) is 17.7 Å². The quantitative estimate of drug-likeness (QED) is 0.303. The number of hydrogen-bond donors (Lipinski definition) is 0. The van der Waals surface area contributed by atoms with Gasteiger partial charge >= 0.3 is 0 Å². The number of nitrogens with zero attached hydrogens (tertiary/aromatic N) is 5.